The average Bonchev–Trinajstić information content (AvgIpc) is 3.05. The summed E-state index contributed by atoms with van der Waals surface area (Å²) in [5.74, 6) is 0. The number of benzene rings is 4. The molecule has 5 rings (SSSR count). The van der Waals surface area contributed by atoms with Gasteiger partial charge in [-0.25, -0.2) is 21.4 Å². The molecule has 4 aromatic rings. The maximum absolute atomic E-state index is 11.6. The predicted octanol–water partition coefficient (Wildman–Crippen LogP) is -1.40. The number of hydrogen-bond donors (Lipinski definition) is 1. The summed E-state index contributed by atoms with van der Waals surface area (Å²) in [6.45, 7) is 0.690. The number of hydrogen-bond acceptors (Lipinski definition) is 9. The third-order valence-corrected chi connectivity index (χ3v) is 10.4. The van der Waals surface area contributed by atoms with Crippen LogP contribution < -0.4 is 64.0 Å². The Morgan fingerprint density at radius 3 is 1.69 bits per heavy atom. The van der Waals surface area contributed by atoms with E-state index >= 15 is 0 Å². The molecule has 0 bridgehead atoms. The van der Waals surface area contributed by atoms with E-state index in [1.165, 1.54) is 42.5 Å². The molecule has 0 unspecified atom stereocenters. The van der Waals surface area contributed by atoms with Crippen molar-refractivity contribution in [2.75, 3.05) is 19.0 Å². The van der Waals surface area contributed by atoms with Crippen LogP contribution in [0.2, 0.25) is 0 Å². The van der Waals surface area contributed by atoms with Crippen LogP contribution in [0.25, 0.3) is 5.57 Å². The van der Waals surface area contributed by atoms with Gasteiger partial charge < -0.3 is 14.0 Å². The van der Waals surface area contributed by atoms with Crippen LogP contribution >= 0.6 is 0 Å². The third-order valence-electron chi connectivity index (χ3n) is 7.85. The van der Waals surface area contributed by atoms with Crippen LogP contribution in [0.5, 0.6) is 0 Å². The largest absolute Gasteiger partial charge is 1.00 e. The number of rotatable bonds is 10. The van der Waals surface area contributed by atoms with Crippen molar-refractivity contribution in [2.45, 2.75) is 27.8 Å². The molecule has 51 heavy (non-hydrogen) atoms. The van der Waals surface area contributed by atoms with Crippen LogP contribution in [0.3, 0.4) is 0 Å². The monoisotopic (exact) mass is 765 g/mol. The van der Waals surface area contributed by atoms with E-state index in [-0.39, 0.29) is 73.8 Å². The molecule has 254 valence electrons. The van der Waals surface area contributed by atoms with Gasteiger partial charge in [0.05, 0.1) is 14.7 Å². The van der Waals surface area contributed by atoms with Crippen molar-refractivity contribution < 1.29 is 103 Å². The zero-order chi connectivity index (χ0) is 35.6. The van der Waals surface area contributed by atoms with Gasteiger partial charge in [0.2, 0.25) is 0 Å². The number of anilines is 1. The standard InChI is InChI=1S/C35H32N2O9S3.2Na/c1-36(23-25-5-3-7-33(21-25)48(41,42)43)30-15-9-27(10-16-30)35(29-13-19-32(20-14-29)47(38,39)40)28-11-17-31(18-12-28)37(2)24-26-6-4-8-34(22-26)49(44,45)46;;/h3-22H,23-24H2,1-2H3,(H2-,38,39,40,41,42,43,44,45,46);;/q;2*+1/p-1. The van der Waals surface area contributed by atoms with Crippen LogP contribution in [-0.4, -0.2) is 63.3 Å². The molecular formula is C35H31N2Na2O9S3+. The number of nitrogens with zero attached hydrogens (tertiary/aromatic N) is 2. The Morgan fingerprint density at radius 2 is 1.16 bits per heavy atom. The Labute approximate surface area is 342 Å². The summed E-state index contributed by atoms with van der Waals surface area (Å²) in [4.78, 5) is 1.05. The Morgan fingerprint density at radius 1 is 0.667 bits per heavy atom. The minimum Gasteiger partial charge on any atom is -0.744 e. The average molecular weight is 766 g/mol. The van der Waals surface area contributed by atoms with E-state index in [1.54, 1.807) is 30.3 Å². The molecule has 0 aromatic heterocycles. The maximum atomic E-state index is 11.6. The zero-order valence-electron chi connectivity index (χ0n) is 28.3. The molecule has 0 fully saturated rings. The van der Waals surface area contributed by atoms with Crippen LogP contribution in [0.15, 0.2) is 142 Å². The zero-order valence-corrected chi connectivity index (χ0v) is 34.7. The van der Waals surface area contributed by atoms with E-state index < -0.39 is 30.4 Å². The van der Waals surface area contributed by atoms with Gasteiger partial charge in [-0.15, -0.1) is 0 Å². The maximum Gasteiger partial charge on any atom is 1.00 e. The van der Waals surface area contributed by atoms with E-state index in [1.807, 2.05) is 72.1 Å². The minimum atomic E-state index is -4.65. The van der Waals surface area contributed by atoms with Gasteiger partial charge in [-0.2, -0.15) is 8.42 Å². The second kappa shape index (κ2) is 17.4. The minimum absolute atomic E-state index is 0. The fourth-order valence-electron chi connectivity index (χ4n) is 5.39. The predicted molar refractivity (Wildman–Crippen MR) is 183 cm³/mol. The van der Waals surface area contributed by atoms with Gasteiger partial charge in [-0.05, 0) is 88.5 Å². The third kappa shape index (κ3) is 11.2. The van der Waals surface area contributed by atoms with Crippen molar-refractivity contribution in [3.05, 3.63) is 149 Å². The molecule has 4 aromatic carbocycles. The summed E-state index contributed by atoms with van der Waals surface area (Å²) in [5.41, 5.74) is 5.94. The topological polar surface area (TPSA) is 175 Å². The molecule has 1 aliphatic carbocycles. The molecule has 0 aliphatic heterocycles. The Bertz CT molecular complexity index is 2360. The normalized spacial score (nSPS) is 12.9. The quantitative estimate of drug-likeness (QED) is 0.115. The first-order valence-electron chi connectivity index (χ1n) is 14.7. The van der Waals surface area contributed by atoms with E-state index in [9.17, 15) is 38.9 Å². The molecule has 11 nitrogen and oxygen atoms in total. The van der Waals surface area contributed by atoms with Crippen molar-refractivity contribution in [1.29, 1.82) is 0 Å². The first-order valence-corrected chi connectivity index (χ1v) is 18.9. The summed E-state index contributed by atoms with van der Waals surface area (Å²) in [6.07, 6.45) is 7.56. The molecule has 0 radical (unpaired) electrons. The van der Waals surface area contributed by atoms with Crippen molar-refractivity contribution in [1.82, 2.24) is 0 Å². The van der Waals surface area contributed by atoms with Crippen molar-refractivity contribution in [2.24, 2.45) is 0 Å². The molecule has 1 N–H and O–H groups in total. The Hall–Kier alpha value is -2.70. The molecule has 16 heteroatoms. The SMILES string of the molecule is CN(Cc1cccc(S(=O)(=O)[O-])c1)c1ccc(C(=C2C=CC(=[N+](C)Cc3cccc(S(=O)(=O)O)c3)C=C2)c2ccc(S(=O)(=O)[O-])cc2)cc1.[Na+].[Na+]. The molecule has 0 atom stereocenters. The molecular weight excluding hydrogens is 735 g/mol. The Balaban J connectivity index is 0.00000351. The molecule has 0 spiro atoms. The van der Waals surface area contributed by atoms with Gasteiger partial charge in [-0.3, -0.25) is 4.55 Å². The first-order chi connectivity index (χ1) is 23.0. The molecule has 0 saturated carbocycles. The van der Waals surface area contributed by atoms with E-state index in [0.717, 1.165) is 28.1 Å². The molecule has 1 aliphatic rings. The van der Waals surface area contributed by atoms with Crippen LogP contribution in [0.1, 0.15) is 22.3 Å². The Kier molecular flexibility index (Phi) is 14.6. The molecule has 0 heterocycles. The fraction of sp³-hybridized carbons (Fsp3) is 0.114. The summed E-state index contributed by atoms with van der Waals surface area (Å²) < 4.78 is 104. The summed E-state index contributed by atoms with van der Waals surface area (Å²) in [5, 5.41) is 0. The van der Waals surface area contributed by atoms with Crippen molar-refractivity contribution in [3.63, 3.8) is 0 Å². The summed E-state index contributed by atoms with van der Waals surface area (Å²) in [7, 11) is -9.90. The first kappa shape index (κ1) is 42.7. The van der Waals surface area contributed by atoms with E-state index in [4.69, 9.17) is 0 Å². The second-order valence-corrected chi connectivity index (χ2v) is 15.6. The summed E-state index contributed by atoms with van der Waals surface area (Å²) >= 11 is 0. The van der Waals surface area contributed by atoms with Gasteiger partial charge in [-0.1, -0.05) is 48.5 Å². The van der Waals surface area contributed by atoms with Gasteiger partial charge in [0, 0.05) is 37.0 Å². The van der Waals surface area contributed by atoms with E-state index in [0.29, 0.717) is 29.8 Å². The van der Waals surface area contributed by atoms with Crippen molar-refractivity contribution >= 4 is 47.3 Å². The van der Waals surface area contributed by atoms with Gasteiger partial charge in [0.1, 0.15) is 27.3 Å². The van der Waals surface area contributed by atoms with Crippen LogP contribution in [-0.2, 0) is 43.4 Å². The van der Waals surface area contributed by atoms with Crippen LogP contribution in [0.4, 0.5) is 5.69 Å². The number of allylic oxidation sites excluding steroid dienone is 5. The van der Waals surface area contributed by atoms with Gasteiger partial charge in [0.25, 0.3) is 10.1 Å². The second-order valence-electron chi connectivity index (χ2n) is 11.4. The fourth-order valence-corrected chi connectivity index (χ4v) is 6.95. The molecule has 0 amide bonds. The van der Waals surface area contributed by atoms with Crippen LogP contribution in [0, 0.1) is 0 Å². The summed E-state index contributed by atoms with van der Waals surface area (Å²) in [6, 6.07) is 25.1. The van der Waals surface area contributed by atoms with Crippen molar-refractivity contribution in [3.8, 4) is 0 Å². The van der Waals surface area contributed by atoms with E-state index in [2.05, 4.69) is 0 Å². The molecule has 0 saturated heterocycles. The van der Waals surface area contributed by atoms with Gasteiger partial charge >= 0.3 is 59.1 Å². The smallest absolute Gasteiger partial charge is 0.744 e. The van der Waals surface area contributed by atoms with Gasteiger partial charge in [0.15, 0.2) is 12.3 Å².